The second kappa shape index (κ2) is 8.89. The van der Waals surface area contributed by atoms with E-state index in [1.165, 1.54) is 36.5 Å². The number of rotatable bonds is 5. The molecular formula is C24H18FN3O2S. The molecule has 0 atom stereocenters. The molecule has 0 aliphatic carbocycles. The monoisotopic (exact) mass is 431 g/mol. The van der Waals surface area contributed by atoms with Gasteiger partial charge in [0.1, 0.15) is 15.7 Å². The van der Waals surface area contributed by atoms with Crippen LogP contribution in [0.5, 0.6) is 0 Å². The van der Waals surface area contributed by atoms with E-state index in [2.05, 4.69) is 10.6 Å². The molecule has 0 bridgehead atoms. The zero-order valence-electron chi connectivity index (χ0n) is 16.6. The molecule has 1 heterocycles. The van der Waals surface area contributed by atoms with Crippen LogP contribution >= 0.6 is 11.3 Å². The predicted molar refractivity (Wildman–Crippen MR) is 122 cm³/mol. The molecule has 1 aromatic heterocycles. The quantitative estimate of drug-likeness (QED) is 0.418. The van der Waals surface area contributed by atoms with E-state index in [4.69, 9.17) is 4.98 Å². The Bertz CT molecular complexity index is 1240. The Labute approximate surface area is 182 Å². The van der Waals surface area contributed by atoms with Crippen LogP contribution in [-0.4, -0.2) is 16.8 Å². The highest BCUT2D eigenvalue weighted by Crippen LogP contribution is 2.34. The van der Waals surface area contributed by atoms with Crippen LogP contribution in [0.2, 0.25) is 0 Å². The Morgan fingerprint density at radius 3 is 2.16 bits per heavy atom. The first-order chi connectivity index (χ1) is 15.0. The molecule has 0 radical (unpaired) electrons. The second-order valence-corrected chi connectivity index (χ2v) is 7.76. The lowest BCUT2D eigenvalue weighted by atomic mass is 10.1. The highest BCUT2D eigenvalue weighted by Gasteiger charge is 2.21. The normalized spacial score (nSPS) is 10.5. The molecule has 0 unspecified atom stereocenters. The molecule has 31 heavy (non-hydrogen) atoms. The number of hydrogen-bond donors (Lipinski definition) is 2. The fourth-order valence-electron chi connectivity index (χ4n) is 3.05. The summed E-state index contributed by atoms with van der Waals surface area (Å²) in [6, 6.07) is 23.0. The second-order valence-electron chi connectivity index (χ2n) is 6.76. The minimum absolute atomic E-state index is 0.0232. The number of carbonyl (C=O) groups excluding carboxylic acids is 2. The summed E-state index contributed by atoms with van der Waals surface area (Å²) in [5.41, 5.74) is 2.58. The average Bonchev–Trinajstić information content (AvgIpc) is 3.23. The number of nitrogens with zero attached hydrogens (tertiary/aromatic N) is 1. The Hall–Kier alpha value is -3.84. The summed E-state index contributed by atoms with van der Waals surface area (Å²) < 4.78 is 14.3. The van der Waals surface area contributed by atoms with Crippen LogP contribution in [-0.2, 0) is 4.79 Å². The molecule has 5 nitrogen and oxygen atoms in total. The molecule has 154 valence electrons. The highest BCUT2D eigenvalue weighted by molar-refractivity contribution is 7.17. The molecule has 0 fully saturated rings. The Kier molecular flexibility index (Phi) is 5.86. The summed E-state index contributed by atoms with van der Waals surface area (Å²) >= 11 is 1.24. The number of hydrogen-bond acceptors (Lipinski definition) is 4. The van der Waals surface area contributed by atoms with Gasteiger partial charge in [0.05, 0.1) is 11.4 Å². The maximum absolute atomic E-state index is 14.3. The van der Waals surface area contributed by atoms with Crippen molar-refractivity contribution in [1.82, 2.24) is 4.98 Å². The van der Waals surface area contributed by atoms with E-state index in [-0.39, 0.29) is 11.6 Å². The van der Waals surface area contributed by atoms with Crippen LogP contribution < -0.4 is 10.6 Å². The first-order valence-corrected chi connectivity index (χ1v) is 10.3. The van der Waals surface area contributed by atoms with E-state index in [1.54, 1.807) is 0 Å². The van der Waals surface area contributed by atoms with Crippen molar-refractivity contribution < 1.29 is 14.0 Å². The van der Waals surface area contributed by atoms with Gasteiger partial charge in [-0.1, -0.05) is 60.7 Å². The Morgan fingerprint density at radius 1 is 0.871 bits per heavy atom. The van der Waals surface area contributed by atoms with Crippen molar-refractivity contribution in [2.75, 3.05) is 10.6 Å². The summed E-state index contributed by atoms with van der Waals surface area (Å²) in [5.74, 6) is -1.36. The van der Waals surface area contributed by atoms with Gasteiger partial charge in [-0.15, -0.1) is 11.3 Å². The van der Waals surface area contributed by atoms with Crippen molar-refractivity contribution >= 4 is 34.5 Å². The van der Waals surface area contributed by atoms with Gasteiger partial charge in [0.2, 0.25) is 5.91 Å². The van der Waals surface area contributed by atoms with Gasteiger partial charge in [0.25, 0.3) is 5.91 Å². The molecule has 2 amide bonds. The first-order valence-electron chi connectivity index (χ1n) is 9.51. The maximum atomic E-state index is 14.3. The van der Waals surface area contributed by atoms with E-state index in [0.29, 0.717) is 21.3 Å². The van der Waals surface area contributed by atoms with Crippen molar-refractivity contribution in [3.63, 3.8) is 0 Å². The van der Waals surface area contributed by atoms with Crippen LogP contribution in [0.25, 0.3) is 21.8 Å². The van der Waals surface area contributed by atoms with Crippen molar-refractivity contribution in [1.29, 1.82) is 0 Å². The van der Waals surface area contributed by atoms with E-state index >= 15 is 0 Å². The van der Waals surface area contributed by atoms with Gasteiger partial charge in [0.15, 0.2) is 0 Å². The first kappa shape index (κ1) is 20.4. The third kappa shape index (κ3) is 4.67. The number of anilines is 2. The molecule has 0 saturated carbocycles. The van der Waals surface area contributed by atoms with Crippen LogP contribution in [0.3, 0.4) is 0 Å². The Morgan fingerprint density at radius 2 is 1.52 bits per heavy atom. The van der Waals surface area contributed by atoms with Crippen molar-refractivity contribution in [3.05, 3.63) is 89.6 Å². The molecule has 4 aromatic rings. The van der Waals surface area contributed by atoms with Crippen LogP contribution in [0, 0.1) is 5.82 Å². The summed E-state index contributed by atoms with van der Waals surface area (Å²) in [4.78, 5) is 29.5. The van der Waals surface area contributed by atoms with Crippen molar-refractivity contribution in [2.45, 2.75) is 6.92 Å². The van der Waals surface area contributed by atoms with Gasteiger partial charge in [-0.25, -0.2) is 9.37 Å². The molecule has 0 aliphatic heterocycles. The van der Waals surface area contributed by atoms with E-state index in [9.17, 15) is 14.0 Å². The number of aromatic nitrogens is 1. The van der Waals surface area contributed by atoms with Crippen molar-refractivity contribution in [3.8, 4) is 21.8 Å². The molecular weight excluding hydrogens is 413 g/mol. The van der Waals surface area contributed by atoms with Gasteiger partial charge < -0.3 is 10.6 Å². The van der Waals surface area contributed by atoms with Crippen LogP contribution in [0.1, 0.15) is 16.6 Å². The molecule has 2 N–H and O–H groups in total. The molecule has 7 heteroatoms. The predicted octanol–water partition coefficient (Wildman–Crippen LogP) is 5.83. The summed E-state index contributed by atoms with van der Waals surface area (Å²) in [5, 5.41) is 5.89. The summed E-state index contributed by atoms with van der Waals surface area (Å²) in [6.45, 7) is 1.36. The third-order valence-electron chi connectivity index (χ3n) is 4.44. The number of carbonyl (C=O) groups is 2. The minimum atomic E-state index is -0.600. The third-order valence-corrected chi connectivity index (χ3v) is 5.54. The topological polar surface area (TPSA) is 71.1 Å². The SMILES string of the molecule is CC(=O)Nc1ccc(F)c(NC(=O)c2sc(-c3ccccc3)nc2-c2ccccc2)c1. The number of nitrogens with one attached hydrogen (secondary N) is 2. The van der Waals surface area contributed by atoms with Gasteiger partial charge >= 0.3 is 0 Å². The van der Waals surface area contributed by atoms with Gasteiger partial charge in [0, 0.05) is 23.7 Å². The summed E-state index contributed by atoms with van der Waals surface area (Å²) in [7, 11) is 0. The smallest absolute Gasteiger partial charge is 0.268 e. The number of halogens is 1. The lowest BCUT2D eigenvalue weighted by Crippen LogP contribution is -2.13. The molecule has 0 spiro atoms. The number of amides is 2. The number of thiazole rings is 1. The highest BCUT2D eigenvalue weighted by atomic mass is 32.1. The van der Waals surface area contributed by atoms with E-state index in [1.807, 2.05) is 60.7 Å². The molecule has 0 aliphatic rings. The maximum Gasteiger partial charge on any atom is 0.268 e. The van der Waals surface area contributed by atoms with Gasteiger partial charge in [-0.05, 0) is 18.2 Å². The average molecular weight is 431 g/mol. The summed E-state index contributed by atoms with van der Waals surface area (Å²) in [6.07, 6.45) is 0. The molecule has 4 rings (SSSR count). The number of benzene rings is 3. The van der Waals surface area contributed by atoms with Crippen LogP contribution in [0.15, 0.2) is 78.9 Å². The molecule has 0 saturated heterocycles. The van der Waals surface area contributed by atoms with E-state index < -0.39 is 11.7 Å². The fourth-order valence-corrected chi connectivity index (χ4v) is 4.04. The zero-order chi connectivity index (χ0) is 21.8. The van der Waals surface area contributed by atoms with Gasteiger partial charge in [-0.3, -0.25) is 9.59 Å². The molecule has 3 aromatic carbocycles. The largest absolute Gasteiger partial charge is 0.326 e. The van der Waals surface area contributed by atoms with Gasteiger partial charge in [-0.2, -0.15) is 0 Å². The van der Waals surface area contributed by atoms with Crippen molar-refractivity contribution in [2.24, 2.45) is 0 Å². The standard InChI is InChI=1S/C24H18FN3O2S/c1-15(29)26-18-12-13-19(25)20(14-18)27-23(30)22-21(16-8-4-2-5-9-16)28-24(31-22)17-10-6-3-7-11-17/h2-14H,1H3,(H,26,29)(H,27,30). The lowest BCUT2D eigenvalue weighted by Gasteiger charge is -2.09. The Balaban J connectivity index is 1.72. The fraction of sp³-hybridized carbons (Fsp3) is 0.0417. The minimum Gasteiger partial charge on any atom is -0.326 e. The lowest BCUT2D eigenvalue weighted by molar-refractivity contribution is -0.114. The van der Waals surface area contributed by atoms with E-state index in [0.717, 1.165) is 11.1 Å². The van der Waals surface area contributed by atoms with Crippen LogP contribution in [0.4, 0.5) is 15.8 Å². The zero-order valence-corrected chi connectivity index (χ0v) is 17.4.